The summed E-state index contributed by atoms with van der Waals surface area (Å²) in [5, 5.41) is 5.81. The molecular formula is C17H20N4O3S. The number of nitrogens with one attached hydrogen (secondary N) is 2. The first-order valence-corrected chi connectivity index (χ1v) is 8.90. The maximum atomic E-state index is 12.3. The molecule has 1 aromatic carbocycles. The molecule has 2 aromatic rings. The Morgan fingerprint density at radius 2 is 2.00 bits per heavy atom. The maximum Gasteiger partial charge on any atom is 0.343 e. The van der Waals surface area contributed by atoms with Gasteiger partial charge < -0.3 is 10.1 Å². The highest BCUT2D eigenvalue weighted by atomic mass is 32.2. The van der Waals surface area contributed by atoms with Crippen molar-refractivity contribution < 1.29 is 14.3 Å². The Kier molecular flexibility index (Phi) is 6.35. The van der Waals surface area contributed by atoms with Crippen molar-refractivity contribution in [2.24, 2.45) is 0 Å². The Bertz CT molecular complexity index is 795. The summed E-state index contributed by atoms with van der Waals surface area (Å²) in [6, 6.07) is 5.26. The molecule has 0 unspecified atom stereocenters. The lowest BCUT2D eigenvalue weighted by atomic mass is 10.1. The van der Waals surface area contributed by atoms with Crippen LogP contribution < -0.4 is 10.6 Å². The van der Waals surface area contributed by atoms with Gasteiger partial charge in [-0.25, -0.2) is 19.6 Å². The molecule has 0 radical (unpaired) electrons. The van der Waals surface area contributed by atoms with Crippen LogP contribution in [0.5, 0.6) is 0 Å². The number of urea groups is 1. The van der Waals surface area contributed by atoms with Crippen LogP contribution in [0.2, 0.25) is 0 Å². The van der Waals surface area contributed by atoms with Gasteiger partial charge in [0, 0.05) is 11.9 Å². The number of aryl methyl sites for hydroxylation is 2. The van der Waals surface area contributed by atoms with Gasteiger partial charge in [0.25, 0.3) is 0 Å². The summed E-state index contributed by atoms with van der Waals surface area (Å²) in [6.07, 6.45) is 3.16. The number of anilines is 2. The summed E-state index contributed by atoms with van der Waals surface area (Å²) in [6.45, 7) is 5.76. The molecule has 2 rings (SSSR count). The van der Waals surface area contributed by atoms with Gasteiger partial charge in [-0.15, -0.1) is 0 Å². The van der Waals surface area contributed by atoms with Crippen LogP contribution in [0, 0.1) is 13.8 Å². The van der Waals surface area contributed by atoms with E-state index < -0.39 is 12.0 Å². The number of benzene rings is 1. The van der Waals surface area contributed by atoms with Gasteiger partial charge >= 0.3 is 12.0 Å². The van der Waals surface area contributed by atoms with E-state index in [1.165, 1.54) is 18.0 Å². The van der Waals surface area contributed by atoms with Crippen molar-refractivity contribution in [3.05, 3.63) is 41.1 Å². The lowest BCUT2D eigenvalue weighted by Gasteiger charge is -2.12. The van der Waals surface area contributed by atoms with E-state index in [-0.39, 0.29) is 18.0 Å². The quantitative estimate of drug-likeness (QED) is 0.480. The number of thioether (sulfide) groups is 1. The molecule has 132 valence electrons. The highest BCUT2D eigenvalue weighted by Gasteiger charge is 2.18. The molecule has 8 heteroatoms. The average Bonchev–Trinajstić information content (AvgIpc) is 2.58. The fourth-order valence-electron chi connectivity index (χ4n) is 2.05. The van der Waals surface area contributed by atoms with Gasteiger partial charge in [0.2, 0.25) is 0 Å². The Labute approximate surface area is 150 Å². The third-order valence-electron chi connectivity index (χ3n) is 3.32. The standard InChI is InChI=1S/C17H20N4O3S/c1-5-24-15(22)12-9-18-17(25-4)21-14(12)20-16(23)19-13-8-10(2)6-7-11(13)3/h6-9H,5H2,1-4H3,(H2,18,19,20,21,23). The minimum atomic E-state index is -0.586. The molecule has 0 saturated carbocycles. The SMILES string of the molecule is CCOC(=O)c1cnc(SC)nc1NC(=O)Nc1cc(C)ccc1C. The van der Waals surface area contributed by atoms with Crippen molar-refractivity contribution in [2.45, 2.75) is 25.9 Å². The molecule has 0 aliphatic heterocycles. The van der Waals surface area contributed by atoms with Crippen molar-refractivity contribution in [3.8, 4) is 0 Å². The van der Waals surface area contributed by atoms with E-state index in [0.717, 1.165) is 11.1 Å². The molecule has 0 aliphatic rings. The van der Waals surface area contributed by atoms with Crippen LogP contribution in [0.25, 0.3) is 0 Å². The number of esters is 1. The molecule has 0 atom stereocenters. The maximum absolute atomic E-state index is 12.3. The van der Waals surface area contributed by atoms with Crippen molar-refractivity contribution in [2.75, 3.05) is 23.5 Å². The number of nitrogens with zero attached hydrogens (tertiary/aromatic N) is 2. The molecule has 0 aliphatic carbocycles. The molecule has 2 amide bonds. The van der Waals surface area contributed by atoms with Gasteiger partial charge in [-0.2, -0.15) is 0 Å². The van der Waals surface area contributed by atoms with Crippen LogP contribution in [0.1, 0.15) is 28.4 Å². The molecule has 2 N–H and O–H groups in total. The number of carbonyl (C=O) groups is 2. The summed E-state index contributed by atoms with van der Waals surface area (Å²) < 4.78 is 4.98. The summed E-state index contributed by atoms with van der Waals surface area (Å²) in [5.41, 5.74) is 2.75. The van der Waals surface area contributed by atoms with Crippen LogP contribution in [-0.2, 0) is 4.74 Å². The van der Waals surface area contributed by atoms with E-state index in [4.69, 9.17) is 4.74 Å². The van der Waals surface area contributed by atoms with E-state index >= 15 is 0 Å². The van der Waals surface area contributed by atoms with E-state index in [1.54, 1.807) is 13.2 Å². The van der Waals surface area contributed by atoms with Crippen LogP contribution in [0.3, 0.4) is 0 Å². The number of ether oxygens (including phenoxy) is 1. The van der Waals surface area contributed by atoms with E-state index in [9.17, 15) is 9.59 Å². The zero-order valence-electron chi connectivity index (χ0n) is 14.5. The molecule has 1 heterocycles. The summed E-state index contributed by atoms with van der Waals surface area (Å²) in [7, 11) is 0. The summed E-state index contributed by atoms with van der Waals surface area (Å²) >= 11 is 1.31. The second-order valence-corrected chi connectivity index (χ2v) is 6.01. The Hall–Kier alpha value is -2.61. The lowest BCUT2D eigenvalue weighted by Crippen LogP contribution is -2.23. The molecule has 7 nitrogen and oxygen atoms in total. The molecular weight excluding hydrogens is 340 g/mol. The molecule has 0 fully saturated rings. The topological polar surface area (TPSA) is 93.2 Å². The second kappa shape index (κ2) is 8.48. The highest BCUT2D eigenvalue weighted by Crippen LogP contribution is 2.20. The van der Waals surface area contributed by atoms with Gasteiger partial charge in [0.15, 0.2) is 11.0 Å². The van der Waals surface area contributed by atoms with Crippen molar-refractivity contribution >= 4 is 35.3 Å². The fraction of sp³-hybridized carbons (Fsp3) is 0.294. The first-order chi connectivity index (χ1) is 11.9. The van der Waals surface area contributed by atoms with Crippen molar-refractivity contribution in [1.29, 1.82) is 0 Å². The Balaban J connectivity index is 2.23. The van der Waals surface area contributed by atoms with Crippen molar-refractivity contribution in [3.63, 3.8) is 0 Å². The summed E-state index contributed by atoms with van der Waals surface area (Å²) in [4.78, 5) is 32.6. The lowest BCUT2D eigenvalue weighted by molar-refractivity contribution is 0.0526. The Morgan fingerprint density at radius 3 is 2.68 bits per heavy atom. The first kappa shape index (κ1) is 18.7. The highest BCUT2D eigenvalue weighted by molar-refractivity contribution is 7.98. The third kappa shape index (κ3) is 4.93. The van der Waals surface area contributed by atoms with E-state index in [0.29, 0.717) is 10.8 Å². The number of aromatic nitrogens is 2. The second-order valence-electron chi connectivity index (χ2n) is 5.24. The van der Waals surface area contributed by atoms with Crippen LogP contribution in [0.15, 0.2) is 29.6 Å². The van der Waals surface area contributed by atoms with Gasteiger partial charge in [-0.3, -0.25) is 5.32 Å². The number of hydrogen-bond donors (Lipinski definition) is 2. The van der Waals surface area contributed by atoms with E-state index in [2.05, 4.69) is 20.6 Å². The van der Waals surface area contributed by atoms with Gasteiger partial charge in [0.1, 0.15) is 5.56 Å². The largest absolute Gasteiger partial charge is 0.462 e. The van der Waals surface area contributed by atoms with Gasteiger partial charge in [0.05, 0.1) is 6.61 Å². The number of amides is 2. The molecule has 0 spiro atoms. The number of hydrogen-bond acceptors (Lipinski definition) is 6. The van der Waals surface area contributed by atoms with Crippen molar-refractivity contribution in [1.82, 2.24) is 9.97 Å². The van der Waals surface area contributed by atoms with Gasteiger partial charge in [-0.1, -0.05) is 23.9 Å². The fourth-order valence-corrected chi connectivity index (χ4v) is 2.39. The third-order valence-corrected chi connectivity index (χ3v) is 3.88. The molecule has 25 heavy (non-hydrogen) atoms. The minimum absolute atomic E-state index is 0.107. The molecule has 0 saturated heterocycles. The molecule has 1 aromatic heterocycles. The summed E-state index contributed by atoms with van der Waals surface area (Å²) in [5.74, 6) is -0.474. The van der Waals surface area contributed by atoms with Crippen LogP contribution >= 0.6 is 11.8 Å². The van der Waals surface area contributed by atoms with Gasteiger partial charge in [-0.05, 0) is 44.2 Å². The monoisotopic (exact) mass is 360 g/mol. The van der Waals surface area contributed by atoms with Crippen LogP contribution in [-0.4, -0.2) is 34.8 Å². The first-order valence-electron chi connectivity index (χ1n) is 7.68. The average molecular weight is 360 g/mol. The predicted molar refractivity (Wildman–Crippen MR) is 98.3 cm³/mol. The van der Waals surface area contributed by atoms with Crippen LogP contribution in [0.4, 0.5) is 16.3 Å². The number of carbonyl (C=O) groups excluding carboxylic acids is 2. The van der Waals surface area contributed by atoms with E-state index in [1.807, 2.05) is 32.0 Å². The predicted octanol–water partition coefficient (Wildman–Crippen LogP) is 3.64. The Morgan fingerprint density at radius 1 is 1.24 bits per heavy atom. The number of rotatable bonds is 5. The minimum Gasteiger partial charge on any atom is -0.462 e. The normalized spacial score (nSPS) is 10.2. The molecule has 0 bridgehead atoms. The zero-order chi connectivity index (χ0) is 18.4. The smallest absolute Gasteiger partial charge is 0.343 e. The zero-order valence-corrected chi connectivity index (χ0v) is 15.4.